The molecule has 1 unspecified atom stereocenters. The zero-order chi connectivity index (χ0) is 15.5. The van der Waals surface area contributed by atoms with Gasteiger partial charge in [-0.15, -0.1) is 0 Å². The molecule has 1 aliphatic rings. The van der Waals surface area contributed by atoms with E-state index < -0.39 is 5.92 Å². The van der Waals surface area contributed by atoms with E-state index in [2.05, 4.69) is 11.5 Å². The molecule has 21 heavy (non-hydrogen) atoms. The molecule has 1 aliphatic carbocycles. The number of aryl methyl sites for hydroxylation is 1. The highest BCUT2D eigenvalue weighted by molar-refractivity contribution is 5.37. The number of hydrogen-bond donors (Lipinski definition) is 2. The van der Waals surface area contributed by atoms with Gasteiger partial charge < -0.3 is 4.74 Å². The Morgan fingerprint density at radius 1 is 1.38 bits per heavy atom. The molecule has 3 N–H and O–H groups in total. The average Bonchev–Trinajstić information content (AvgIpc) is 2.45. The molecular formula is C16H24F2N2O. The third-order valence-corrected chi connectivity index (χ3v) is 4.42. The second-order valence-electron chi connectivity index (χ2n) is 5.99. The van der Waals surface area contributed by atoms with Gasteiger partial charge >= 0.3 is 0 Å². The van der Waals surface area contributed by atoms with Gasteiger partial charge in [-0.05, 0) is 43.7 Å². The SMILES string of the molecule is COc1ccc(C)cc1CC(NN)C1CCC(F)(F)CC1. The second kappa shape index (κ2) is 6.71. The lowest BCUT2D eigenvalue weighted by Gasteiger charge is -2.33. The van der Waals surface area contributed by atoms with E-state index in [1.54, 1.807) is 7.11 Å². The van der Waals surface area contributed by atoms with Gasteiger partial charge in [-0.1, -0.05) is 17.7 Å². The molecule has 1 fully saturated rings. The van der Waals surface area contributed by atoms with E-state index in [1.165, 1.54) is 0 Å². The van der Waals surface area contributed by atoms with Gasteiger partial charge in [0.1, 0.15) is 5.75 Å². The van der Waals surface area contributed by atoms with Gasteiger partial charge in [-0.25, -0.2) is 8.78 Å². The molecule has 0 amide bonds. The van der Waals surface area contributed by atoms with Crippen molar-refractivity contribution >= 4 is 0 Å². The molecule has 5 heteroatoms. The molecule has 0 heterocycles. The lowest BCUT2D eigenvalue weighted by Crippen LogP contribution is -2.44. The number of nitrogens with one attached hydrogen (secondary N) is 1. The zero-order valence-corrected chi connectivity index (χ0v) is 12.7. The van der Waals surface area contributed by atoms with Crippen LogP contribution in [0.2, 0.25) is 0 Å². The molecule has 0 aromatic heterocycles. The second-order valence-corrected chi connectivity index (χ2v) is 5.99. The molecule has 0 bridgehead atoms. The first kappa shape index (κ1) is 16.2. The number of hydrogen-bond acceptors (Lipinski definition) is 3. The van der Waals surface area contributed by atoms with Crippen LogP contribution in [0, 0.1) is 12.8 Å². The topological polar surface area (TPSA) is 47.3 Å². The van der Waals surface area contributed by atoms with Crippen molar-refractivity contribution < 1.29 is 13.5 Å². The molecule has 1 atom stereocenters. The van der Waals surface area contributed by atoms with Crippen molar-refractivity contribution in [2.75, 3.05) is 7.11 Å². The molecule has 0 spiro atoms. The summed E-state index contributed by atoms with van der Waals surface area (Å²) in [5.41, 5.74) is 5.04. The van der Waals surface area contributed by atoms with E-state index in [0.717, 1.165) is 16.9 Å². The summed E-state index contributed by atoms with van der Waals surface area (Å²) in [4.78, 5) is 0. The zero-order valence-electron chi connectivity index (χ0n) is 12.7. The highest BCUT2D eigenvalue weighted by Crippen LogP contribution is 2.38. The van der Waals surface area contributed by atoms with Crippen molar-refractivity contribution in [3.8, 4) is 5.75 Å². The van der Waals surface area contributed by atoms with Gasteiger partial charge in [0.25, 0.3) is 0 Å². The number of alkyl halides is 2. The summed E-state index contributed by atoms with van der Waals surface area (Å²) >= 11 is 0. The molecular weight excluding hydrogens is 274 g/mol. The van der Waals surface area contributed by atoms with Crippen LogP contribution < -0.4 is 16.0 Å². The molecule has 2 rings (SSSR count). The number of halogens is 2. The standard InChI is InChI=1S/C16H24F2N2O/c1-11-3-4-15(21-2)13(9-11)10-14(20-19)12-5-7-16(17,18)8-6-12/h3-4,9,12,14,20H,5-8,10,19H2,1-2H3. The predicted octanol–water partition coefficient (Wildman–Crippen LogP) is 3.20. The third-order valence-electron chi connectivity index (χ3n) is 4.42. The van der Waals surface area contributed by atoms with Crippen LogP contribution in [-0.4, -0.2) is 19.1 Å². The lowest BCUT2D eigenvalue weighted by atomic mass is 9.80. The van der Waals surface area contributed by atoms with E-state index in [0.29, 0.717) is 19.3 Å². The number of hydrazine groups is 1. The van der Waals surface area contributed by atoms with E-state index in [9.17, 15) is 8.78 Å². The van der Waals surface area contributed by atoms with Crippen LogP contribution in [0.3, 0.4) is 0 Å². The summed E-state index contributed by atoms with van der Waals surface area (Å²) in [7, 11) is 1.64. The van der Waals surface area contributed by atoms with Crippen LogP contribution in [0.15, 0.2) is 18.2 Å². The Hall–Kier alpha value is -1.20. The maximum absolute atomic E-state index is 13.3. The highest BCUT2D eigenvalue weighted by Gasteiger charge is 2.37. The maximum Gasteiger partial charge on any atom is 0.248 e. The minimum atomic E-state index is -2.50. The van der Waals surface area contributed by atoms with Gasteiger partial charge in [0.15, 0.2) is 0 Å². The van der Waals surface area contributed by atoms with Crippen molar-refractivity contribution in [1.82, 2.24) is 5.43 Å². The summed E-state index contributed by atoms with van der Waals surface area (Å²) < 4.78 is 31.9. The summed E-state index contributed by atoms with van der Waals surface area (Å²) in [6, 6.07) is 6.00. The monoisotopic (exact) mass is 298 g/mol. The fourth-order valence-corrected chi connectivity index (χ4v) is 3.13. The van der Waals surface area contributed by atoms with Gasteiger partial charge in [0, 0.05) is 18.9 Å². The number of benzene rings is 1. The molecule has 0 aliphatic heterocycles. The van der Waals surface area contributed by atoms with Crippen LogP contribution in [-0.2, 0) is 6.42 Å². The van der Waals surface area contributed by atoms with Gasteiger partial charge in [0.05, 0.1) is 7.11 Å². The molecule has 3 nitrogen and oxygen atoms in total. The molecule has 0 radical (unpaired) electrons. The van der Waals surface area contributed by atoms with Crippen LogP contribution in [0.25, 0.3) is 0 Å². The molecule has 1 aromatic carbocycles. The first-order chi connectivity index (χ1) is 9.95. The highest BCUT2D eigenvalue weighted by atomic mass is 19.3. The lowest BCUT2D eigenvalue weighted by molar-refractivity contribution is -0.0495. The Morgan fingerprint density at radius 3 is 2.62 bits per heavy atom. The number of rotatable bonds is 5. The molecule has 0 saturated heterocycles. The van der Waals surface area contributed by atoms with Crippen LogP contribution in [0.5, 0.6) is 5.75 Å². The molecule has 1 saturated carbocycles. The number of ether oxygens (including phenoxy) is 1. The summed E-state index contributed by atoms with van der Waals surface area (Å²) in [6.45, 7) is 2.02. The smallest absolute Gasteiger partial charge is 0.248 e. The Balaban J connectivity index is 2.07. The van der Waals surface area contributed by atoms with Crippen molar-refractivity contribution in [3.63, 3.8) is 0 Å². The van der Waals surface area contributed by atoms with Crippen molar-refractivity contribution in [2.45, 2.75) is 51.0 Å². The Labute approximate surface area is 124 Å². The first-order valence-electron chi connectivity index (χ1n) is 7.42. The normalized spacial score (nSPS) is 20.2. The van der Waals surface area contributed by atoms with Crippen LogP contribution in [0.1, 0.15) is 36.8 Å². The number of nitrogens with two attached hydrogens (primary N) is 1. The summed E-state index contributed by atoms with van der Waals surface area (Å²) in [6.07, 6.45) is 1.63. The Kier molecular flexibility index (Phi) is 5.17. The van der Waals surface area contributed by atoms with Crippen LogP contribution in [0.4, 0.5) is 8.78 Å². The summed E-state index contributed by atoms with van der Waals surface area (Å²) in [5.74, 6) is 4.17. The molecule has 118 valence electrons. The van der Waals surface area contributed by atoms with E-state index in [4.69, 9.17) is 10.6 Å². The van der Waals surface area contributed by atoms with E-state index in [1.807, 2.05) is 19.1 Å². The van der Waals surface area contributed by atoms with Crippen LogP contribution >= 0.6 is 0 Å². The largest absolute Gasteiger partial charge is 0.496 e. The van der Waals surface area contributed by atoms with E-state index >= 15 is 0 Å². The Bertz CT molecular complexity index is 469. The maximum atomic E-state index is 13.3. The van der Waals surface area contributed by atoms with Gasteiger partial charge in [0.2, 0.25) is 5.92 Å². The first-order valence-corrected chi connectivity index (χ1v) is 7.42. The van der Waals surface area contributed by atoms with Gasteiger partial charge in [-0.3, -0.25) is 11.3 Å². The van der Waals surface area contributed by atoms with Crippen molar-refractivity contribution in [2.24, 2.45) is 11.8 Å². The quantitative estimate of drug-likeness (QED) is 0.648. The minimum Gasteiger partial charge on any atom is -0.496 e. The van der Waals surface area contributed by atoms with Crippen molar-refractivity contribution in [3.05, 3.63) is 29.3 Å². The fourth-order valence-electron chi connectivity index (χ4n) is 3.13. The summed E-state index contributed by atoms with van der Waals surface area (Å²) in [5, 5.41) is 0. The van der Waals surface area contributed by atoms with Gasteiger partial charge in [-0.2, -0.15) is 0 Å². The third kappa shape index (κ3) is 4.14. The van der Waals surface area contributed by atoms with E-state index in [-0.39, 0.29) is 24.8 Å². The van der Waals surface area contributed by atoms with Crippen molar-refractivity contribution in [1.29, 1.82) is 0 Å². The Morgan fingerprint density at radius 2 is 2.05 bits per heavy atom. The number of methoxy groups -OCH3 is 1. The predicted molar refractivity (Wildman–Crippen MR) is 79.5 cm³/mol. The average molecular weight is 298 g/mol. The fraction of sp³-hybridized carbons (Fsp3) is 0.625. The molecule has 1 aromatic rings. The minimum absolute atomic E-state index is 0.00296.